The fraction of sp³-hybridized carbons (Fsp3) is 0.150. The fourth-order valence-corrected chi connectivity index (χ4v) is 3.00. The van der Waals surface area contributed by atoms with E-state index in [0.29, 0.717) is 16.3 Å². The number of hydrogen-bond donors (Lipinski definition) is 3. The smallest absolute Gasteiger partial charge is 0.305 e. The van der Waals surface area contributed by atoms with Crippen molar-refractivity contribution in [1.82, 2.24) is 15.1 Å². The number of carboxylic acids is 1. The topological polar surface area (TPSA) is 104 Å². The molecule has 3 N–H and O–H groups in total. The zero-order chi connectivity index (χ0) is 20.3. The standard InChI is InChI=1S/C20H18ClN3O4/c1-12-4-2-3-5-15(12)16(11-19(26)27)22-20(28)17-10-18(25)24(23-17)14-8-6-13(21)7-9-14/h2-10,16,25H,11H2,1H3,(H,22,28)(H,26,27). The van der Waals surface area contributed by atoms with E-state index in [0.717, 1.165) is 5.56 Å². The molecule has 7 nitrogen and oxygen atoms in total. The molecule has 28 heavy (non-hydrogen) atoms. The number of nitrogens with one attached hydrogen (secondary N) is 1. The van der Waals surface area contributed by atoms with Gasteiger partial charge in [0.05, 0.1) is 18.2 Å². The number of aromatic hydroxyl groups is 1. The lowest BCUT2D eigenvalue weighted by Gasteiger charge is -2.18. The number of hydrogen-bond acceptors (Lipinski definition) is 4. The molecule has 1 aromatic heterocycles. The van der Waals surface area contributed by atoms with E-state index in [-0.39, 0.29) is 18.0 Å². The lowest BCUT2D eigenvalue weighted by Crippen LogP contribution is -2.31. The summed E-state index contributed by atoms with van der Waals surface area (Å²) in [6, 6.07) is 14.3. The molecule has 3 aromatic rings. The predicted molar refractivity (Wildman–Crippen MR) is 104 cm³/mol. The van der Waals surface area contributed by atoms with E-state index in [1.165, 1.54) is 10.7 Å². The maximum Gasteiger partial charge on any atom is 0.305 e. The first-order valence-corrected chi connectivity index (χ1v) is 8.86. The molecule has 0 aliphatic rings. The molecule has 3 rings (SSSR count). The SMILES string of the molecule is Cc1ccccc1C(CC(=O)O)NC(=O)c1cc(O)n(-c2ccc(Cl)cc2)n1. The summed E-state index contributed by atoms with van der Waals surface area (Å²) in [5.74, 6) is -1.85. The minimum Gasteiger partial charge on any atom is -0.493 e. The number of carboxylic acid groups (broad SMARTS) is 1. The quantitative estimate of drug-likeness (QED) is 0.588. The molecule has 0 fully saturated rings. The van der Waals surface area contributed by atoms with Crippen molar-refractivity contribution in [2.24, 2.45) is 0 Å². The number of carbonyl (C=O) groups excluding carboxylic acids is 1. The van der Waals surface area contributed by atoms with Gasteiger partial charge in [-0.25, -0.2) is 4.68 Å². The number of rotatable bonds is 6. The van der Waals surface area contributed by atoms with Crippen molar-refractivity contribution in [3.63, 3.8) is 0 Å². The minimum absolute atomic E-state index is 0.0311. The van der Waals surface area contributed by atoms with E-state index >= 15 is 0 Å². The lowest BCUT2D eigenvalue weighted by molar-refractivity contribution is -0.137. The van der Waals surface area contributed by atoms with Crippen molar-refractivity contribution in [3.05, 3.63) is 76.4 Å². The molecule has 144 valence electrons. The number of amides is 1. The molecule has 0 saturated carbocycles. The molecule has 0 aliphatic carbocycles. The third-order valence-corrected chi connectivity index (χ3v) is 4.49. The van der Waals surface area contributed by atoms with Gasteiger partial charge in [-0.15, -0.1) is 0 Å². The summed E-state index contributed by atoms with van der Waals surface area (Å²) in [7, 11) is 0. The summed E-state index contributed by atoms with van der Waals surface area (Å²) >= 11 is 5.86. The monoisotopic (exact) mass is 399 g/mol. The third kappa shape index (κ3) is 4.32. The highest BCUT2D eigenvalue weighted by Crippen LogP contribution is 2.23. The zero-order valence-electron chi connectivity index (χ0n) is 15.0. The van der Waals surface area contributed by atoms with E-state index in [1.54, 1.807) is 36.4 Å². The first kappa shape index (κ1) is 19.4. The Balaban J connectivity index is 1.86. The zero-order valence-corrected chi connectivity index (χ0v) is 15.7. The van der Waals surface area contributed by atoms with E-state index in [4.69, 9.17) is 11.6 Å². The second kappa shape index (κ2) is 8.14. The van der Waals surface area contributed by atoms with Crippen LogP contribution < -0.4 is 5.32 Å². The van der Waals surface area contributed by atoms with Gasteiger partial charge < -0.3 is 15.5 Å². The van der Waals surface area contributed by atoms with Crippen LogP contribution in [0.4, 0.5) is 0 Å². The average Bonchev–Trinajstić information content (AvgIpc) is 3.04. The van der Waals surface area contributed by atoms with Crippen LogP contribution in [0.15, 0.2) is 54.6 Å². The Morgan fingerprint density at radius 2 is 1.86 bits per heavy atom. The maximum absolute atomic E-state index is 12.7. The Morgan fingerprint density at radius 3 is 2.50 bits per heavy atom. The van der Waals surface area contributed by atoms with E-state index in [9.17, 15) is 19.8 Å². The number of aromatic nitrogens is 2. The molecule has 1 amide bonds. The summed E-state index contributed by atoms with van der Waals surface area (Å²) in [6.45, 7) is 1.84. The van der Waals surface area contributed by atoms with Crippen molar-refractivity contribution >= 4 is 23.5 Å². The van der Waals surface area contributed by atoms with Crippen molar-refractivity contribution < 1.29 is 19.8 Å². The van der Waals surface area contributed by atoms with Crippen LogP contribution >= 0.6 is 11.6 Å². The number of aryl methyl sites for hydroxylation is 1. The van der Waals surface area contributed by atoms with Crippen molar-refractivity contribution in [2.75, 3.05) is 0 Å². The average molecular weight is 400 g/mol. The number of carbonyl (C=O) groups is 2. The lowest BCUT2D eigenvalue weighted by atomic mass is 9.98. The first-order chi connectivity index (χ1) is 13.3. The molecule has 0 spiro atoms. The Hall–Kier alpha value is -3.32. The highest BCUT2D eigenvalue weighted by molar-refractivity contribution is 6.30. The maximum atomic E-state index is 12.7. The third-order valence-electron chi connectivity index (χ3n) is 4.24. The normalized spacial score (nSPS) is 11.8. The first-order valence-electron chi connectivity index (χ1n) is 8.48. The van der Waals surface area contributed by atoms with Crippen LogP contribution in [0.25, 0.3) is 5.69 Å². The minimum atomic E-state index is -1.04. The van der Waals surface area contributed by atoms with Crippen molar-refractivity contribution in [2.45, 2.75) is 19.4 Å². The van der Waals surface area contributed by atoms with E-state index < -0.39 is 17.9 Å². The van der Waals surface area contributed by atoms with Crippen molar-refractivity contribution in [3.8, 4) is 11.6 Å². The molecule has 0 saturated heterocycles. The molecule has 1 unspecified atom stereocenters. The molecule has 2 aromatic carbocycles. The summed E-state index contributed by atoms with van der Waals surface area (Å²) in [4.78, 5) is 23.9. The number of halogens is 1. The Labute approximate surface area is 166 Å². The van der Waals surface area contributed by atoms with E-state index in [2.05, 4.69) is 10.4 Å². The fourth-order valence-electron chi connectivity index (χ4n) is 2.88. The van der Waals surface area contributed by atoms with Crippen LogP contribution in [0.5, 0.6) is 5.88 Å². The van der Waals surface area contributed by atoms with Crippen LogP contribution in [0.1, 0.15) is 34.1 Å². The molecule has 1 heterocycles. The van der Waals surface area contributed by atoms with Gasteiger partial charge in [0.2, 0.25) is 5.88 Å². The number of aliphatic carboxylic acids is 1. The summed E-state index contributed by atoms with van der Waals surface area (Å²) < 4.78 is 1.20. The number of nitrogens with zero attached hydrogens (tertiary/aromatic N) is 2. The van der Waals surface area contributed by atoms with Gasteiger partial charge in [-0.1, -0.05) is 35.9 Å². The predicted octanol–water partition coefficient (Wildman–Crippen LogP) is 3.49. The van der Waals surface area contributed by atoms with Crippen LogP contribution in [-0.2, 0) is 4.79 Å². The Morgan fingerprint density at radius 1 is 1.18 bits per heavy atom. The van der Waals surface area contributed by atoms with Gasteiger partial charge in [0.25, 0.3) is 5.91 Å². The van der Waals surface area contributed by atoms with Crippen LogP contribution in [0, 0.1) is 6.92 Å². The van der Waals surface area contributed by atoms with Gasteiger partial charge in [-0.3, -0.25) is 9.59 Å². The molecular formula is C20H18ClN3O4. The Kier molecular flexibility index (Phi) is 5.65. The van der Waals surface area contributed by atoms with Gasteiger partial charge in [0.1, 0.15) is 0 Å². The highest BCUT2D eigenvalue weighted by atomic mass is 35.5. The second-order valence-electron chi connectivity index (χ2n) is 6.26. The molecule has 0 radical (unpaired) electrons. The van der Waals surface area contributed by atoms with Gasteiger partial charge in [0, 0.05) is 11.1 Å². The molecule has 0 aliphatic heterocycles. The summed E-state index contributed by atoms with van der Waals surface area (Å²) in [5, 5.41) is 26.7. The molecule has 1 atom stereocenters. The molecular weight excluding hydrogens is 382 g/mol. The van der Waals surface area contributed by atoms with Gasteiger partial charge in [-0.2, -0.15) is 5.10 Å². The van der Waals surface area contributed by atoms with Crippen LogP contribution in [-0.4, -0.2) is 31.9 Å². The highest BCUT2D eigenvalue weighted by Gasteiger charge is 2.22. The van der Waals surface area contributed by atoms with Crippen LogP contribution in [0.3, 0.4) is 0 Å². The molecule has 0 bridgehead atoms. The largest absolute Gasteiger partial charge is 0.493 e. The van der Waals surface area contributed by atoms with Gasteiger partial charge >= 0.3 is 5.97 Å². The van der Waals surface area contributed by atoms with Gasteiger partial charge in [-0.05, 0) is 42.3 Å². The summed E-state index contributed by atoms with van der Waals surface area (Å²) in [5.41, 5.74) is 2.07. The van der Waals surface area contributed by atoms with Gasteiger partial charge in [0.15, 0.2) is 5.69 Å². The second-order valence-corrected chi connectivity index (χ2v) is 6.69. The number of benzene rings is 2. The van der Waals surface area contributed by atoms with E-state index in [1.807, 2.05) is 19.1 Å². The van der Waals surface area contributed by atoms with Crippen LogP contribution in [0.2, 0.25) is 5.02 Å². The molecule has 8 heteroatoms. The Bertz CT molecular complexity index is 1010. The summed E-state index contributed by atoms with van der Waals surface area (Å²) in [6.07, 6.45) is -0.277. The van der Waals surface area contributed by atoms with Crippen molar-refractivity contribution in [1.29, 1.82) is 0 Å².